The van der Waals surface area contributed by atoms with Gasteiger partial charge in [-0.25, -0.2) is 9.18 Å². The highest BCUT2D eigenvalue weighted by Crippen LogP contribution is 2.15. The molecule has 112 valence electrons. The van der Waals surface area contributed by atoms with Gasteiger partial charge in [-0.3, -0.25) is 4.79 Å². The maximum Gasteiger partial charge on any atom is 0.338 e. The third-order valence-electron chi connectivity index (χ3n) is 3.16. The number of carboxylic acids is 1. The smallest absolute Gasteiger partial charge is 0.338 e. The Labute approximate surface area is 125 Å². The van der Waals surface area contributed by atoms with Crippen molar-refractivity contribution in [3.63, 3.8) is 0 Å². The molecule has 0 aliphatic carbocycles. The van der Waals surface area contributed by atoms with Gasteiger partial charge in [0.05, 0.1) is 5.56 Å². The van der Waals surface area contributed by atoms with Gasteiger partial charge < -0.3 is 16.2 Å². The van der Waals surface area contributed by atoms with Gasteiger partial charge in [-0.2, -0.15) is 0 Å². The van der Waals surface area contributed by atoms with Crippen LogP contribution in [0.4, 0.5) is 4.39 Å². The van der Waals surface area contributed by atoms with E-state index >= 15 is 0 Å². The molecule has 0 heterocycles. The zero-order chi connectivity index (χ0) is 16.3. The lowest BCUT2D eigenvalue weighted by Crippen LogP contribution is -2.17. The first-order chi connectivity index (χ1) is 10.4. The van der Waals surface area contributed by atoms with Crippen LogP contribution < -0.4 is 5.73 Å². The van der Waals surface area contributed by atoms with Gasteiger partial charge in [-0.1, -0.05) is 24.3 Å². The topological polar surface area (TPSA) is 104 Å². The van der Waals surface area contributed by atoms with Crippen LogP contribution in [-0.2, 0) is 6.42 Å². The first kappa shape index (κ1) is 15.4. The van der Waals surface area contributed by atoms with Crippen LogP contribution in [0.5, 0.6) is 0 Å². The molecule has 0 aromatic heterocycles. The van der Waals surface area contributed by atoms with E-state index in [2.05, 4.69) is 0 Å². The normalized spacial score (nSPS) is 10.2. The minimum atomic E-state index is -1.37. The largest absolute Gasteiger partial charge is 0.478 e. The highest BCUT2D eigenvalue weighted by molar-refractivity contribution is 6.09. The van der Waals surface area contributed by atoms with Crippen molar-refractivity contribution in [2.75, 3.05) is 0 Å². The third-order valence-corrected chi connectivity index (χ3v) is 3.16. The second-order valence-corrected chi connectivity index (χ2v) is 4.68. The number of halogens is 1. The number of carbonyl (C=O) groups excluding carboxylic acids is 1. The second kappa shape index (κ2) is 6.17. The van der Waals surface area contributed by atoms with Gasteiger partial charge in [0.25, 0.3) is 0 Å². The second-order valence-electron chi connectivity index (χ2n) is 4.68. The van der Waals surface area contributed by atoms with Crippen LogP contribution in [0.25, 0.3) is 0 Å². The molecule has 0 spiro atoms. The van der Waals surface area contributed by atoms with Crippen molar-refractivity contribution >= 4 is 17.6 Å². The predicted octanol–water partition coefficient (Wildman–Crippen LogP) is 2.23. The Bertz CT molecular complexity index is 772. The highest BCUT2D eigenvalue weighted by atomic mass is 19.1. The molecule has 0 bridgehead atoms. The molecule has 1 amide bonds. The molecule has 6 heteroatoms. The van der Waals surface area contributed by atoms with Crippen molar-refractivity contribution < 1.29 is 19.1 Å². The lowest BCUT2D eigenvalue weighted by Gasteiger charge is -2.09. The first-order valence-electron chi connectivity index (χ1n) is 6.38. The van der Waals surface area contributed by atoms with E-state index in [-0.39, 0.29) is 17.7 Å². The number of nitrogens with two attached hydrogens (primary N) is 1. The lowest BCUT2D eigenvalue weighted by atomic mass is 9.96. The summed E-state index contributed by atoms with van der Waals surface area (Å²) >= 11 is 0. The zero-order valence-corrected chi connectivity index (χ0v) is 11.5. The van der Waals surface area contributed by atoms with Crippen LogP contribution in [0.1, 0.15) is 31.8 Å². The van der Waals surface area contributed by atoms with E-state index in [0.717, 1.165) is 6.07 Å². The van der Waals surface area contributed by atoms with Gasteiger partial charge in [0, 0.05) is 23.3 Å². The molecule has 0 unspecified atom stereocenters. The van der Waals surface area contributed by atoms with E-state index in [4.69, 9.17) is 16.2 Å². The number of hydrogen-bond acceptors (Lipinski definition) is 3. The van der Waals surface area contributed by atoms with E-state index in [9.17, 15) is 14.0 Å². The van der Waals surface area contributed by atoms with Gasteiger partial charge in [-0.15, -0.1) is 0 Å². The van der Waals surface area contributed by atoms with Crippen LogP contribution in [0.3, 0.4) is 0 Å². The minimum Gasteiger partial charge on any atom is -0.478 e. The third kappa shape index (κ3) is 3.17. The van der Waals surface area contributed by atoms with Gasteiger partial charge in [-0.05, 0) is 23.8 Å². The molecule has 2 aromatic carbocycles. The Morgan fingerprint density at radius 3 is 2.32 bits per heavy atom. The number of aromatic carboxylic acids is 1. The molecule has 0 saturated carbocycles. The minimum absolute atomic E-state index is 0.0604. The Balaban J connectivity index is 2.32. The summed E-state index contributed by atoms with van der Waals surface area (Å²) in [4.78, 5) is 22.3. The van der Waals surface area contributed by atoms with Crippen molar-refractivity contribution in [1.29, 1.82) is 5.41 Å². The van der Waals surface area contributed by atoms with E-state index in [1.165, 1.54) is 18.2 Å². The van der Waals surface area contributed by atoms with Gasteiger partial charge >= 0.3 is 5.97 Å². The number of hydrogen-bond donors (Lipinski definition) is 3. The fraction of sp³-hybridized carbons (Fsp3) is 0.0625. The standard InChI is InChI=1S/C16H13FN2O3/c17-13-6-5-9(7-12(13)16(21)22)8-14(18)10-3-1-2-4-11(10)15(19)20/h1-7,18H,8H2,(H2,19,20)(H,21,22). The Kier molecular flexibility index (Phi) is 4.31. The fourth-order valence-electron chi connectivity index (χ4n) is 2.11. The number of carbonyl (C=O) groups is 2. The summed E-state index contributed by atoms with van der Waals surface area (Å²) in [7, 11) is 0. The molecule has 2 rings (SSSR count). The monoisotopic (exact) mass is 300 g/mol. The quantitative estimate of drug-likeness (QED) is 0.737. The molecule has 0 aliphatic rings. The van der Waals surface area contributed by atoms with E-state index in [0.29, 0.717) is 11.1 Å². The molecule has 0 radical (unpaired) electrons. The Morgan fingerprint density at radius 1 is 1.09 bits per heavy atom. The summed E-state index contributed by atoms with van der Waals surface area (Å²) in [5.74, 6) is -2.85. The van der Waals surface area contributed by atoms with Crippen LogP contribution in [0.2, 0.25) is 0 Å². The number of nitrogens with one attached hydrogen (secondary N) is 1. The number of amides is 1. The molecule has 0 aliphatic heterocycles. The molecular weight excluding hydrogens is 287 g/mol. The van der Waals surface area contributed by atoms with Crippen LogP contribution >= 0.6 is 0 Å². The van der Waals surface area contributed by atoms with Crippen molar-refractivity contribution in [1.82, 2.24) is 0 Å². The predicted molar refractivity (Wildman–Crippen MR) is 78.9 cm³/mol. The average Bonchev–Trinajstić information content (AvgIpc) is 2.48. The summed E-state index contributed by atoms with van der Waals surface area (Å²) in [6.07, 6.45) is 0.0604. The summed E-state index contributed by atoms with van der Waals surface area (Å²) in [5.41, 5.74) is 5.96. The molecule has 0 fully saturated rings. The fourth-order valence-corrected chi connectivity index (χ4v) is 2.11. The van der Waals surface area contributed by atoms with Crippen LogP contribution in [0, 0.1) is 11.2 Å². The van der Waals surface area contributed by atoms with Crippen LogP contribution in [-0.4, -0.2) is 22.7 Å². The van der Waals surface area contributed by atoms with E-state index < -0.39 is 23.3 Å². The van der Waals surface area contributed by atoms with E-state index in [1.54, 1.807) is 18.2 Å². The summed E-state index contributed by atoms with van der Waals surface area (Å²) < 4.78 is 13.4. The molecule has 0 atom stereocenters. The lowest BCUT2D eigenvalue weighted by molar-refractivity contribution is 0.0691. The number of rotatable bonds is 5. The molecular formula is C16H13FN2O3. The maximum atomic E-state index is 13.4. The van der Waals surface area contributed by atoms with Gasteiger partial charge in [0.1, 0.15) is 5.82 Å². The highest BCUT2D eigenvalue weighted by Gasteiger charge is 2.15. The first-order valence-corrected chi connectivity index (χ1v) is 6.38. The number of carboxylic acid groups (broad SMARTS) is 1. The van der Waals surface area contributed by atoms with Crippen LogP contribution in [0.15, 0.2) is 42.5 Å². The van der Waals surface area contributed by atoms with Crippen molar-refractivity contribution in [2.45, 2.75) is 6.42 Å². The number of primary amides is 1. The summed E-state index contributed by atoms with van der Waals surface area (Å²) in [6.45, 7) is 0. The summed E-state index contributed by atoms with van der Waals surface area (Å²) in [5, 5.41) is 17.0. The average molecular weight is 300 g/mol. The van der Waals surface area contributed by atoms with Crippen molar-refractivity contribution in [3.05, 3.63) is 70.5 Å². The van der Waals surface area contributed by atoms with E-state index in [1.807, 2.05) is 0 Å². The van der Waals surface area contributed by atoms with Gasteiger partial charge in [0.15, 0.2) is 0 Å². The Morgan fingerprint density at radius 2 is 1.73 bits per heavy atom. The molecule has 2 aromatic rings. The molecule has 22 heavy (non-hydrogen) atoms. The summed E-state index contributed by atoms with van der Waals surface area (Å²) in [6, 6.07) is 10.0. The molecule has 4 N–H and O–H groups in total. The molecule has 5 nitrogen and oxygen atoms in total. The molecule has 0 saturated heterocycles. The number of benzene rings is 2. The van der Waals surface area contributed by atoms with Gasteiger partial charge in [0.2, 0.25) is 5.91 Å². The maximum absolute atomic E-state index is 13.4. The zero-order valence-electron chi connectivity index (χ0n) is 11.5. The SMILES string of the molecule is N=C(Cc1ccc(F)c(C(=O)O)c1)c1ccccc1C(N)=O. The van der Waals surface area contributed by atoms with Crippen molar-refractivity contribution in [3.8, 4) is 0 Å². The van der Waals surface area contributed by atoms with Crippen molar-refractivity contribution in [2.24, 2.45) is 5.73 Å². The Hall–Kier alpha value is -3.02.